The number of guanidine groups is 1. The van der Waals surface area contributed by atoms with Gasteiger partial charge in [0.15, 0.2) is 11.8 Å². The van der Waals surface area contributed by atoms with Crippen molar-refractivity contribution in [2.45, 2.75) is 51.9 Å². The van der Waals surface area contributed by atoms with E-state index in [0.29, 0.717) is 12.6 Å². The molecule has 1 saturated heterocycles. The van der Waals surface area contributed by atoms with Crippen molar-refractivity contribution in [2.24, 2.45) is 12.0 Å². The van der Waals surface area contributed by atoms with Gasteiger partial charge in [-0.1, -0.05) is 36.4 Å². The number of benzene rings is 1. The van der Waals surface area contributed by atoms with E-state index in [4.69, 9.17) is 4.99 Å². The topological polar surface area (TPSA) is 83.3 Å². The smallest absolute Gasteiger partial charge is 0.192 e. The number of piperidine rings is 1. The summed E-state index contributed by atoms with van der Waals surface area (Å²) in [5.74, 6) is 2.56. The highest BCUT2D eigenvalue weighted by Crippen LogP contribution is 2.15. The third-order valence-corrected chi connectivity index (χ3v) is 6.25. The van der Waals surface area contributed by atoms with Gasteiger partial charge < -0.3 is 15.2 Å². The lowest BCUT2D eigenvalue weighted by atomic mass is 10.0. The molecule has 0 saturated carbocycles. The van der Waals surface area contributed by atoms with Crippen LogP contribution in [0.15, 0.2) is 59.7 Å². The third-order valence-electron chi connectivity index (χ3n) is 6.25. The molecule has 0 amide bonds. The number of aliphatic imine (C=N–C) groups is 1. The molecular formula is C25H34N8. The molecule has 0 aliphatic carbocycles. The van der Waals surface area contributed by atoms with E-state index in [9.17, 15) is 0 Å². The van der Waals surface area contributed by atoms with Crippen LogP contribution >= 0.6 is 0 Å². The van der Waals surface area contributed by atoms with Crippen LogP contribution in [-0.2, 0) is 20.1 Å². The van der Waals surface area contributed by atoms with E-state index in [1.165, 1.54) is 5.56 Å². The number of pyridine rings is 1. The molecule has 0 bridgehead atoms. The molecule has 1 fully saturated rings. The minimum atomic E-state index is 0.142. The quantitative estimate of drug-likeness (QED) is 0.429. The fraction of sp³-hybridized carbons (Fsp3) is 0.440. The second kappa shape index (κ2) is 11.0. The lowest BCUT2D eigenvalue weighted by molar-refractivity contribution is 0.196. The first-order valence-electron chi connectivity index (χ1n) is 11.7. The van der Waals surface area contributed by atoms with Crippen molar-refractivity contribution in [3.05, 3.63) is 77.6 Å². The highest BCUT2D eigenvalue weighted by Gasteiger charge is 2.21. The Bertz CT molecular complexity index is 1020. The Morgan fingerprint density at radius 1 is 1.09 bits per heavy atom. The zero-order valence-electron chi connectivity index (χ0n) is 19.8. The molecule has 2 aromatic heterocycles. The SMILES string of the molecule is Cc1nnc(CN=C(NC2CCN(Cc3ccccn3)CC2)NC(C)c2ccccc2)n1C. The number of likely N-dealkylation sites (tertiary alicyclic amines) is 1. The predicted molar refractivity (Wildman–Crippen MR) is 131 cm³/mol. The highest BCUT2D eigenvalue weighted by molar-refractivity contribution is 5.80. The maximum absolute atomic E-state index is 4.86. The molecule has 4 rings (SSSR count). The van der Waals surface area contributed by atoms with Crippen LogP contribution in [0, 0.1) is 6.92 Å². The molecule has 3 heterocycles. The van der Waals surface area contributed by atoms with Crippen LogP contribution in [0.25, 0.3) is 0 Å². The lowest BCUT2D eigenvalue weighted by Gasteiger charge is -2.33. The van der Waals surface area contributed by atoms with E-state index < -0.39 is 0 Å². The van der Waals surface area contributed by atoms with Gasteiger partial charge >= 0.3 is 0 Å². The molecule has 1 aliphatic rings. The third kappa shape index (κ3) is 6.38. The molecule has 8 heteroatoms. The highest BCUT2D eigenvalue weighted by atomic mass is 15.3. The van der Waals surface area contributed by atoms with E-state index in [-0.39, 0.29) is 6.04 Å². The summed E-state index contributed by atoms with van der Waals surface area (Å²) in [7, 11) is 1.98. The zero-order chi connectivity index (χ0) is 23.0. The van der Waals surface area contributed by atoms with Crippen molar-refractivity contribution in [3.8, 4) is 0 Å². The van der Waals surface area contributed by atoms with Crippen molar-refractivity contribution in [2.75, 3.05) is 13.1 Å². The number of nitrogens with one attached hydrogen (secondary N) is 2. The minimum absolute atomic E-state index is 0.142. The molecule has 0 spiro atoms. The van der Waals surface area contributed by atoms with Crippen molar-refractivity contribution >= 4 is 5.96 Å². The molecule has 1 aliphatic heterocycles. The molecular weight excluding hydrogens is 412 g/mol. The van der Waals surface area contributed by atoms with Gasteiger partial charge in [0.25, 0.3) is 0 Å². The predicted octanol–water partition coefficient (Wildman–Crippen LogP) is 2.98. The van der Waals surface area contributed by atoms with Crippen LogP contribution in [0.3, 0.4) is 0 Å². The average Bonchev–Trinajstić information content (AvgIpc) is 3.17. The van der Waals surface area contributed by atoms with Crippen LogP contribution in [-0.4, -0.2) is 49.7 Å². The monoisotopic (exact) mass is 446 g/mol. The maximum atomic E-state index is 4.86. The van der Waals surface area contributed by atoms with Crippen molar-refractivity contribution < 1.29 is 0 Å². The standard InChI is InChI=1S/C25H34N8/c1-19(21-9-5-4-6-10-21)28-25(27-17-24-31-30-20(2)32(24)3)29-22-12-15-33(16-13-22)18-23-11-7-8-14-26-23/h4-11,14,19,22H,12-13,15-18H2,1-3H3,(H2,27,28,29). The summed E-state index contributed by atoms with van der Waals surface area (Å²) in [6.07, 6.45) is 4.00. The molecule has 8 nitrogen and oxygen atoms in total. The number of aryl methyl sites for hydroxylation is 1. The zero-order valence-corrected chi connectivity index (χ0v) is 19.8. The van der Waals surface area contributed by atoms with Crippen LogP contribution in [0.2, 0.25) is 0 Å². The lowest BCUT2D eigenvalue weighted by Crippen LogP contribution is -2.49. The van der Waals surface area contributed by atoms with E-state index in [0.717, 1.165) is 55.8 Å². The summed E-state index contributed by atoms with van der Waals surface area (Å²) in [5, 5.41) is 15.7. The van der Waals surface area contributed by atoms with Crippen LogP contribution in [0.1, 0.15) is 48.7 Å². The van der Waals surface area contributed by atoms with Crippen molar-refractivity contribution in [3.63, 3.8) is 0 Å². The van der Waals surface area contributed by atoms with Crippen molar-refractivity contribution in [1.29, 1.82) is 0 Å². The molecule has 174 valence electrons. The molecule has 33 heavy (non-hydrogen) atoms. The number of aromatic nitrogens is 4. The van der Waals surface area contributed by atoms with Gasteiger partial charge in [-0.3, -0.25) is 9.88 Å². The fourth-order valence-corrected chi connectivity index (χ4v) is 4.05. The first kappa shape index (κ1) is 22.9. The van der Waals surface area contributed by atoms with Gasteiger partial charge in [-0.05, 0) is 44.4 Å². The summed E-state index contributed by atoms with van der Waals surface area (Å²) in [6, 6.07) is 17.1. The van der Waals surface area contributed by atoms with Crippen LogP contribution in [0.5, 0.6) is 0 Å². The molecule has 0 radical (unpaired) electrons. The van der Waals surface area contributed by atoms with Gasteiger partial charge in [-0.2, -0.15) is 0 Å². The largest absolute Gasteiger partial charge is 0.354 e. The van der Waals surface area contributed by atoms with Gasteiger partial charge in [0.05, 0.1) is 11.7 Å². The van der Waals surface area contributed by atoms with Gasteiger partial charge in [-0.25, -0.2) is 4.99 Å². The van der Waals surface area contributed by atoms with Crippen LogP contribution in [0.4, 0.5) is 0 Å². The average molecular weight is 447 g/mol. The second-order valence-electron chi connectivity index (χ2n) is 8.68. The number of nitrogens with zero attached hydrogens (tertiary/aromatic N) is 6. The second-order valence-corrected chi connectivity index (χ2v) is 8.68. The number of hydrogen-bond donors (Lipinski definition) is 2. The Balaban J connectivity index is 1.38. The molecule has 2 N–H and O–H groups in total. The first-order valence-corrected chi connectivity index (χ1v) is 11.7. The Morgan fingerprint density at radius 2 is 1.85 bits per heavy atom. The Kier molecular flexibility index (Phi) is 7.67. The Morgan fingerprint density at radius 3 is 2.52 bits per heavy atom. The summed E-state index contributed by atoms with van der Waals surface area (Å²) >= 11 is 0. The molecule has 1 aromatic carbocycles. The summed E-state index contributed by atoms with van der Waals surface area (Å²) in [4.78, 5) is 11.8. The van der Waals surface area contributed by atoms with E-state index >= 15 is 0 Å². The summed E-state index contributed by atoms with van der Waals surface area (Å²) in [5.41, 5.74) is 2.36. The van der Waals surface area contributed by atoms with Crippen molar-refractivity contribution in [1.82, 2.24) is 35.3 Å². The molecule has 3 aromatic rings. The van der Waals surface area contributed by atoms with E-state index in [2.05, 4.69) is 74.0 Å². The normalized spacial score (nSPS) is 16.5. The Labute approximate surface area is 196 Å². The first-order chi connectivity index (χ1) is 16.1. The Hall–Kier alpha value is -3.26. The van der Waals surface area contributed by atoms with Crippen LogP contribution < -0.4 is 10.6 Å². The van der Waals surface area contributed by atoms with E-state index in [1.807, 2.05) is 36.9 Å². The minimum Gasteiger partial charge on any atom is -0.354 e. The maximum Gasteiger partial charge on any atom is 0.192 e. The summed E-state index contributed by atoms with van der Waals surface area (Å²) < 4.78 is 1.98. The summed E-state index contributed by atoms with van der Waals surface area (Å²) in [6.45, 7) is 7.58. The van der Waals surface area contributed by atoms with Gasteiger partial charge in [0.1, 0.15) is 12.4 Å². The van der Waals surface area contributed by atoms with E-state index in [1.54, 1.807) is 0 Å². The molecule has 1 atom stereocenters. The number of rotatable bonds is 7. The van der Waals surface area contributed by atoms with Gasteiger partial charge in [0.2, 0.25) is 0 Å². The van der Waals surface area contributed by atoms with Gasteiger partial charge in [-0.15, -0.1) is 10.2 Å². The number of hydrogen-bond acceptors (Lipinski definition) is 5. The van der Waals surface area contributed by atoms with Gasteiger partial charge in [0, 0.05) is 38.9 Å². The fourth-order valence-electron chi connectivity index (χ4n) is 4.05. The molecule has 1 unspecified atom stereocenters.